The van der Waals surface area contributed by atoms with Crippen LogP contribution in [-0.4, -0.2) is 21.3 Å². The molecule has 0 radical (unpaired) electrons. The lowest BCUT2D eigenvalue weighted by molar-refractivity contribution is -0.115. The first kappa shape index (κ1) is 19.1. The molecule has 0 saturated heterocycles. The molecule has 1 aliphatic rings. The first-order valence-electron chi connectivity index (χ1n) is 8.59. The fourth-order valence-electron chi connectivity index (χ4n) is 3.00. The van der Waals surface area contributed by atoms with E-state index < -0.39 is 10.0 Å². The molecule has 0 bridgehead atoms. The van der Waals surface area contributed by atoms with E-state index >= 15 is 0 Å². The van der Waals surface area contributed by atoms with Crippen molar-refractivity contribution >= 4 is 15.8 Å². The Morgan fingerprint density at radius 1 is 1.00 bits per heavy atom. The Kier molecular flexibility index (Phi) is 5.62. The van der Waals surface area contributed by atoms with E-state index in [2.05, 4.69) is 10.3 Å². The summed E-state index contributed by atoms with van der Waals surface area (Å²) >= 11 is 0. The van der Waals surface area contributed by atoms with Crippen molar-refractivity contribution in [3.63, 3.8) is 0 Å². The predicted molar refractivity (Wildman–Crippen MR) is 103 cm³/mol. The number of hydrogen-bond acceptors (Lipinski definition) is 5. The third kappa shape index (κ3) is 4.75. The number of allylic oxidation sites excluding steroid dienone is 2. The molecule has 2 N–H and O–H groups in total. The molecule has 2 aromatic rings. The minimum Gasteiger partial charge on any atom is -0.497 e. The summed E-state index contributed by atoms with van der Waals surface area (Å²) in [5.74, 6) is 0.694. The molecule has 1 aliphatic carbocycles. The Hall–Kier alpha value is -2.64. The first-order chi connectivity index (χ1) is 12.9. The lowest BCUT2D eigenvalue weighted by Gasteiger charge is -2.23. The van der Waals surface area contributed by atoms with Gasteiger partial charge in [-0.3, -0.25) is 4.79 Å². The highest BCUT2D eigenvalue weighted by Gasteiger charge is 2.23. The van der Waals surface area contributed by atoms with E-state index in [1.807, 2.05) is 31.2 Å². The number of hydrogen-bond donors (Lipinski definition) is 2. The van der Waals surface area contributed by atoms with Crippen LogP contribution in [0.1, 0.15) is 29.9 Å². The molecule has 0 saturated carbocycles. The first-order valence-corrected chi connectivity index (χ1v) is 10.1. The number of ketones is 1. The van der Waals surface area contributed by atoms with Crippen LogP contribution in [0.4, 0.5) is 0 Å². The van der Waals surface area contributed by atoms with Gasteiger partial charge in [-0.05, 0) is 49.1 Å². The molecule has 3 rings (SSSR count). The van der Waals surface area contributed by atoms with E-state index in [0.29, 0.717) is 18.5 Å². The monoisotopic (exact) mass is 386 g/mol. The van der Waals surface area contributed by atoms with Gasteiger partial charge in [-0.2, -0.15) is 0 Å². The van der Waals surface area contributed by atoms with Crippen LogP contribution in [0, 0.1) is 6.92 Å². The SMILES string of the molecule is COc1ccc([C@H]2CC(=O)C=C(NNS(=O)(=O)c3ccc(C)cc3)C2)cc1. The zero-order valence-electron chi connectivity index (χ0n) is 15.2. The summed E-state index contributed by atoms with van der Waals surface area (Å²) in [6.07, 6.45) is 2.38. The van der Waals surface area contributed by atoms with Crippen molar-refractivity contribution in [3.05, 3.63) is 71.4 Å². The van der Waals surface area contributed by atoms with Crippen molar-refractivity contribution in [3.8, 4) is 5.75 Å². The average Bonchev–Trinajstić information content (AvgIpc) is 2.66. The van der Waals surface area contributed by atoms with Crippen LogP contribution in [-0.2, 0) is 14.8 Å². The number of carbonyl (C=O) groups is 1. The van der Waals surface area contributed by atoms with Gasteiger partial charge in [-0.25, -0.2) is 8.42 Å². The second-order valence-corrected chi connectivity index (χ2v) is 8.24. The summed E-state index contributed by atoms with van der Waals surface area (Å²) in [5, 5.41) is 0. The molecule has 2 aromatic carbocycles. The normalized spacial score (nSPS) is 17.3. The van der Waals surface area contributed by atoms with Crippen LogP contribution < -0.4 is 15.0 Å². The van der Waals surface area contributed by atoms with E-state index in [1.54, 1.807) is 31.4 Å². The van der Waals surface area contributed by atoms with Gasteiger partial charge < -0.3 is 10.2 Å². The smallest absolute Gasteiger partial charge is 0.257 e. The number of sulfonamides is 1. The highest BCUT2D eigenvalue weighted by Crippen LogP contribution is 2.31. The number of ether oxygens (including phenoxy) is 1. The number of hydrazine groups is 1. The quantitative estimate of drug-likeness (QED) is 0.746. The Balaban J connectivity index is 1.69. The van der Waals surface area contributed by atoms with Crippen molar-refractivity contribution in [2.45, 2.75) is 30.6 Å². The summed E-state index contributed by atoms with van der Waals surface area (Å²) in [6.45, 7) is 1.89. The Morgan fingerprint density at radius 3 is 2.30 bits per heavy atom. The van der Waals surface area contributed by atoms with Crippen molar-refractivity contribution in [2.24, 2.45) is 0 Å². The maximum atomic E-state index is 12.4. The molecule has 0 aliphatic heterocycles. The number of rotatable bonds is 6. The van der Waals surface area contributed by atoms with Crippen molar-refractivity contribution in [1.82, 2.24) is 10.3 Å². The molecule has 142 valence electrons. The van der Waals surface area contributed by atoms with Gasteiger partial charge in [0.15, 0.2) is 5.78 Å². The van der Waals surface area contributed by atoms with E-state index in [9.17, 15) is 13.2 Å². The zero-order chi connectivity index (χ0) is 19.4. The van der Waals surface area contributed by atoms with Gasteiger partial charge in [0, 0.05) is 18.2 Å². The Bertz CT molecular complexity index is 948. The number of aryl methyl sites for hydroxylation is 1. The Labute approximate surface area is 159 Å². The van der Waals surface area contributed by atoms with Gasteiger partial charge in [0.1, 0.15) is 5.75 Å². The van der Waals surface area contributed by atoms with Crippen molar-refractivity contribution in [1.29, 1.82) is 0 Å². The zero-order valence-corrected chi connectivity index (χ0v) is 16.0. The summed E-state index contributed by atoms with van der Waals surface area (Å²) in [4.78, 5) is 14.6. The average molecular weight is 386 g/mol. The maximum Gasteiger partial charge on any atom is 0.257 e. The van der Waals surface area contributed by atoms with Crippen molar-refractivity contribution < 1.29 is 17.9 Å². The summed E-state index contributed by atoms with van der Waals surface area (Å²) in [6, 6.07) is 14.1. The number of nitrogens with one attached hydrogen (secondary N) is 2. The molecule has 0 heterocycles. The van der Waals surface area contributed by atoms with Crippen LogP contribution in [0.25, 0.3) is 0 Å². The largest absolute Gasteiger partial charge is 0.497 e. The number of methoxy groups -OCH3 is 1. The highest BCUT2D eigenvalue weighted by molar-refractivity contribution is 7.89. The van der Waals surface area contributed by atoms with Crippen LogP contribution in [0.15, 0.2) is 65.2 Å². The molecule has 0 spiro atoms. The van der Waals surface area contributed by atoms with Gasteiger partial charge in [0.25, 0.3) is 10.0 Å². The van der Waals surface area contributed by atoms with Gasteiger partial charge in [-0.15, -0.1) is 4.83 Å². The molecule has 1 atom stereocenters. The summed E-state index contributed by atoms with van der Waals surface area (Å²) in [5.41, 5.74) is 5.24. The van der Waals surface area contributed by atoms with Gasteiger partial charge in [0.05, 0.1) is 12.0 Å². The van der Waals surface area contributed by atoms with E-state index in [-0.39, 0.29) is 16.6 Å². The second-order valence-electron chi connectivity index (χ2n) is 6.56. The second kappa shape index (κ2) is 7.94. The molecule has 0 unspecified atom stereocenters. The van der Waals surface area contributed by atoms with Crippen LogP contribution >= 0.6 is 0 Å². The van der Waals surface area contributed by atoms with Gasteiger partial charge in [0.2, 0.25) is 0 Å². The van der Waals surface area contributed by atoms with E-state index in [1.165, 1.54) is 6.08 Å². The fraction of sp³-hybridized carbons (Fsp3) is 0.250. The lowest BCUT2D eigenvalue weighted by atomic mass is 9.85. The Morgan fingerprint density at radius 2 is 1.67 bits per heavy atom. The molecule has 7 heteroatoms. The molecule has 27 heavy (non-hydrogen) atoms. The van der Waals surface area contributed by atoms with Crippen LogP contribution in [0.5, 0.6) is 5.75 Å². The highest BCUT2D eigenvalue weighted by atomic mass is 32.2. The number of carbonyl (C=O) groups excluding carboxylic acids is 1. The predicted octanol–water partition coefficient (Wildman–Crippen LogP) is 2.82. The summed E-state index contributed by atoms with van der Waals surface area (Å²) < 4.78 is 29.9. The van der Waals surface area contributed by atoms with E-state index in [4.69, 9.17) is 4.74 Å². The molecule has 0 fully saturated rings. The topological polar surface area (TPSA) is 84.5 Å². The minimum atomic E-state index is -3.71. The van der Waals surface area contributed by atoms with Gasteiger partial charge in [-0.1, -0.05) is 29.8 Å². The fourth-order valence-corrected chi connectivity index (χ4v) is 3.88. The standard InChI is InChI=1S/C20H22N2O4S/c1-14-3-9-20(10-4-14)27(24,25)22-21-17-11-16(12-18(23)13-17)15-5-7-19(26-2)8-6-15/h3-10,13,16,21-22H,11-12H2,1-2H3/t16-/m1/s1. The molecule has 6 nitrogen and oxygen atoms in total. The third-order valence-electron chi connectivity index (χ3n) is 4.51. The molecule has 0 amide bonds. The maximum absolute atomic E-state index is 12.4. The van der Waals surface area contributed by atoms with Crippen LogP contribution in [0.2, 0.25) is 0 Å². The van der Waals surface area contributed by atoms with Crippen LogP contribution in [0.3, 0.4) is 0 Å². The minimum absolute atomic E-state index is 0.0141. The lowest BCUT2D eigenvalue weighted by Crippen LogP contribution is -2.38. The summed E-state index contributed by atoms with van der Waals surface area (Å²) in [7, 11) is -2.11. The van der Waals surface area contributed by atoms with Crippen molar-refractivity contribution in [2.75, 3.05) is 7.11 Å². The van der Waals surface area contributed by atoms with Gasteiger partial charge >= 0.3 is 0 Å². The number of benzene rings is 2. The molecule has 0 aromatic heterocycles. The van der Waals surface area contributed by atoms with E-state index in [0.717, 1.165) is 16.9 Å². The third-order valence-corrected chi connectivity index (χ3v) is 5.78. The molecular weight excluding hydrogens is 364 g/mol. The molecular formula is C20H22N2O4S.